The van der Waals surface area contributed by atoms with Crippen molar-refractivity contribution in [1.29, 1.82) is 5.26 Å². The Hall–Kier alpha value is -3.00. The molecule has 0 saturated heterocycles. The van der Waals surface area contributed by atoms with Gasteiger partial charge in [0, 0.05) is 18.9 Å². The number of carbonyl (C=O) groups is 1. The highest BCUT2D eigenvalue weighted by atomic mass is 32.2. The summed E-state index contributed by atoms with van der Waals surface area (Å²) >= 11 is 0. The predicted octanol–water partition coefficient (Wildman–Crippen LogP) is 4.25. The van der Waals surface area contributed by atoms with Crippen molar-refractivity contribution in [2.24, 2.45) is 0 Å². The molecule has 11 heteroatoms. The normalized spacial score (nSPS) is 19.0. The van der Waals surface area contributed by atoms with E-state index in [0.29, 0.717) is 6.07 Å². The summed E-state index contributed by atoms with van der Waals surface area (Å²) in [6.45, 7) is 0.921. The van der Waals surface area contributed by atoms with Crippen LogP contribution in [0.1, 0.15) is 47.0 Å². The van der Waals surface area contributed by atoms with E-state index in [-0.39, 0.29) is 22.3 Å². The number of hydrogen-bond acceptors (Lipinski definition) is 5. The number of esters is 1. The van der Waals surface area contributed by atoms with Gasteiger partial charge in [0.25, 0.3) is 0 Å². The number of carbonyl (C=O) groups excluding carboxylic acids is 1. The Balaban J connectivity index is 2.24. The van der Waals surface area contributed by atoms with E-state index in [1.807, 2.05) is 0 Å². The molecule has 0 unspecified atom stereocenters. The first-order valence-electron chi connectivity index (χ1n) is 8.81. The lowest BCUT2D eigenvalue weighted by atomic mass is 9.94. The summed E-state index contributed by atoms with van der Waals surface area (Å²) in [5, 5.41) is 8.95. The zero-order chi connectivity index (χ0) is 23.1. The van der Waals surface area contributed by atoms with Crippen LogP contribution in [0.4, 0.5) is 22.0 Å². The summed E-state index contributed by atoms with van der Waals surface area (Å²) in [6.07, 6.45) is -6.59. The number of alkyl halides is 4. The van der Waals surface area contributed by atoms with Gasteiger partial charge in [0.1, 0.15) is 12.0 Å². The highest BCUT2D eigenvalue weighted by Gasteiger charge is 2.44. The van der Waals surface area contributed by atoms with Gasteiger partial charge in [-0.25, -0.2) is 21.6 Å². The van der Waals surface area contributed by atoms with E-state index in [9.17, 15) is 30.8 Å². The first kappa shape index (κ1) is 22.7. The number of benzene rings is 2. The van der Waals surface area contributed by atoms with Gasteiger partial charge < -0.3 is 4.74 Å². The van der Waals surface area contributed by atoms with Crippen LogP contribution in [0.5, 0.6) is 0 Å². The van der Waals surface area contributed by atoms with Crippen LogP contribution in [0, 0.1) is 17.1 Å². The van der Waals surface area contributed by atoms with E-state index in [1.165, 1.54) is 0 Å². The van der Waals surface area contributed by atoms with Gasteiger partial charge in [-0.1, -0.05) is 6.07 Å². The number of nitriles is 1. The second kappa shape index (κ2) is 8.26. The van der Waals surface area contributed by atoms with Gasteiger partial charge in [0.15, 0.2) is 12.3 Å². The predicted molar refractivity (Wildman–Crippen MR) is 96.8 cm³/mol. The van der Waals surface area contributed by atoms with Crippen molar-refractivity contribution in [3.05, 3.63) is 64.0 Å². The Morgan fingerprint density at radius 3 is 2.48 bits per heavy atom. The van der Waals surface area contributed by atoms with Crippen LogP contribution >= 0.6 is 0 Å². The largest absolute Gasteiger partial charge is 0.454 e. The average molecular weight is 459 g/mol. The summed E-state index contributed by atoms with van der Waals surface area (Å²) in [6, 6.07) is 5.94. The van der Waals surface area contributed by atoms with Crippen LogP contribution in [0.3, 0.4) is 0 Å². The van der Waals surface area contributed by atoms with Crippen molar-refractivity contribution in [3.8, 4) is 6.07 Å². The number of rotatable bonds is 5. The number of sulfone groups is 1. The van der Waals surface area contributed by atoms with Gasteiger partial charge in [-0.2, -0.15) is 14.0 Å². The van der Waals surface area contributed by atoms with Gasteiger partial charge in [-0.15, -0.1) is 0 Å². The van der Waals surface area contributed by atoms with Gasteiger partial charge in [-0.05, 0) is 41.0 Å². The number of halogens is 5. The molecular weight excluding hydrogens is 445 g/mol. The van der Waals surface area contributed by atoms with Crippen LogP contribution in [-0.4, -0.2) is 26.3 Å². The van der Waals surface area contributed by atoms with Gasteiger partial charge in [-0.3, -0.25) is 4.79 Å². The van der Waals surface area contributed by atoms with Crippen LogP contribution in [-0.2, 0) is 25.8 Å². The highest BCUT2D eigenvalue weighted by Crippen LogP contribution is 2.45. The Labute approximate surface area is 174 Å². The maximum Gasteiger partial charge on any atom is 0.341 e. The number of hydrogen-bond donors (Lipinski definition) is 0. The minimum absolute atomic E-state index is 0.188. The molecule has 31 heavy (non-hydrogen) atoms. The SMILES string of the molecule is CC(=O)O[C@H]1c2c(S(=O)(=O)C(F)F)ccc([C@@H](F)c3cc(F)cc(C#N)c3)c2C[C@H]1F. The molecule has 0 bridgehead atoms. The summed E-state index contributed by atoms with van der Waals surface area (Å²) in [7, 11) is -5.24. The second-order valence-corrected chi connectivity index (χ2v) is 8.73. The average Bonchev–Trinajstić information content (AvgIpc) is 3.01. The molecule has 0 heterocycles. The number of fused-ring (bicyclic) bond motifs is 1. The van der Waals surface area contributed by atoms with E-state index in [4.69, 9.17) is 10.00 Å². The van der Waals surface area contributed by atoms with Crippen molar-refractivity contribution < 1.29 is 39.9 Å². The molecule has 3 atom stereocenters. The summed E-state index contributed by atoms with van der Waals surface area (Å²) < 4.78 is 99.1. The van der Waals surface area contributed by atoms with E-state index in [1.54, 1.807) is 6.07 Å². The first-order valence-corrected chi connectivity index (χ1v) is 10.4. The number of ether oxygens (including phenoxy) is 1. The monoisotopic (exact) mass is 459 g/mol. The van der Waals surface area contributed by atoms with Crippen LogP contribution < -0.4 is 0 Å². The van der Waals surface area contributed by atoms with Crippen LogP contribution in [0.15, 0.2) is 35.2 Å². The fraction of sp³-hybridized carbons (Fsp3) is 0.300. The highest BCUT2D eigenvalue weighted by molar-refractivity contribution is 7.91. The molecule has 0 spiro atoms. The summed E-state index contributed by atoms with van der Waals surface area (Å²) in [5.41, 5.74) is -1.65. The molecule has 0 amide bonds. The minimum atomic E-state index is -5.24. The Bertz CT molecular complexity index is 1190. The van der Waals surface area contributed by atoms with Crippen molar-refractivity contribution in [2.45, 2.75) is 42.4 Å². The Morgan fingerprint density at radius 2 is 1.90 bits per heavy atom. The smallest absolute Gasteiger partial charge is 0.341 e. The third kappa shape index (κ3) is 4.12. The van der Waals surface area contributed by atoms with Gasteiger partial charge in [0.2, 0.25) is 9.84 Å². The molecular formula is C20H14F5NO4S. The Morgan fingerprint density at radius 1 is 1.23 bits per heavy atom. The molecule has 5 nitrogen and oxygen atoms in total. The first-order chi connectivity index (χ1) is 14.5. The van der Waals surface area contributed by atoms with Crippen LogP contribution in [0.25, 0.3) is 0 Å². The lowest BCUT2D eigenvalue weighted by Crippen LogP contribution is -2.19. The van der Waals surface area contributed by atoms with E-state index in [0.717, 1.165) is 31.2 Å². The van der Waals surface area contributed by atoms with Crippen molar-refractivity contribution in [3.63, 3.8) is 0 Å². The van der Waals surface area contributed by atoms with Gasteiger partial charge in [0.05, 0.1) is 16.5 Å². The van der Waals surface area contributed by atoms with E-state index < -0.39 is 62.7 Å². The molecule has 1 aliphatic carbocycles. The minimum Gasteiger partial charge on any atom is -0.454 e. The molecule has 2 aromatic rings. The van der Waals surface area contributed by atoms with Crippen LogP contribution in [0.2, 0.25) is 0 Å². The molecule has 2 aromatic carbocycles. The molecule has 0 radical (unpaired) electrons. The maximum atomic E-state index is 15.3. The molecule has 164 valence electrons. The summed E-state index contributed by atoms with van der Waals surface area (Å²) in [4.78, 5) is 10.4. The molecule has 0 fully saturated rings. The second-order valence-electron chi connectivity index (χ2n) is 6.85. The van der Waals surface area contributed by atoms with E-state index >= 15 is 4.39 Å². The fourth-order valence-corrected chi connectivity index (χ4v) is 4.57. The number of nitrogens with zero attached hydrogens (tertiary/aromatic N) is 1. The van der Waals surface area contributed by atoms with Crippen molar-refractivity contribution >= 4 is 15.8 Å². The van der Waals surface area contributed by atoms with Crippen molar-refractivity contribution in [2.75, 3.05) is 0 Å². The third-order valence-electron chi connectivity index (χ3n) is 4.81. The lowest BCUT2D eigenvalue weighted by molar-refractivity contribution is -0.149. The zero-order valence-electron chi connectivity index (χ0n) is 15.8. The lowest BCUT2D eigenvalue weighted by Gasteiger charge is -2.20. The topological polar surface area (TPSA) is 84.2 Å². The standard InChI is InChI=1S/C20H14F5NO4S/c1-9(27)30-19-15(22)7-14-13(2-3-16(17(14)19)31(28,29)20(24)25)18(23)11-4-10(8-26)5-12(21)6-11/h2-6,15,18-20H,7H2,1H3/t15-,18+,19-/m1/s1. The summed E-state index contributed by atoms with van der Waals surface area (Å²) in [5.74, 6) is -5.75. The zero-order valence-corrected chi connectivity index (χ0v) is 16.6. The van der Waals surface area contributed by atoms with Gasteiger partial charge >= 0.3 is 11.7 Å². The van der Waals surface area contributed by atoms with Crippen molar-refractivity contribution in [1.82, 2.24) is 0 Å². The Kier molecular flexibility index (Phi) is 6.04. The van der Waals surface area contributed by atoms with E-state index in [2.05, 4.69) is 0 Å². The molecule has 0 N–H and O–H groups in total. The third-order valence-corrected chi connectivity index (χ3v) is 6.25. The maximum absolute atomic E-state index is 15.3. The fourth-order valence-electron chi connectivity index (χ4n) is 3.58. The quantitative estimate of drug-likeness (QED) is 0.493. The molecule has 1 aliphatic rings. The molecule has 3 rings (SSSR count). The molecule has 0 aliphatic heterocycles. The molecule has 0 saturated carbocycles. The molecule has 0 aromatic heterocycles.